The molecule has 1 aliphatic heterocycles. The molecular weight excluding hydrogens is 286 g/mol. The lowest BCUT2D eigenvalue weighted by Crippen LogP contribution is -2.31. The number of rotatable bonds is 3. The number of carbonyl (C=O) groups is 1. The van der Waals surface area contributed by atoms with Crippen LogP contribution >= 0.6 is 11.6 Å². The fourth-order valence-corrected chi connectivity index (χ4v) is 2.69. The lowest BCUT2D eigenvalue weighted by Gasteiger charge is -2.15. The van der Waals surface area contributed by atoms with Gasteiger partial charge >= 0.3 is 0 Å². The Hall–Kier alpha value is -2.00. The van der Waals surface area contributed by atoms with Crippen LogP contribution in [0.2, 0.25) is 0 Å². The van der Waals surface area contributed by atoms with Crippen molar-refractivity contribution in [1.29, 1.82) is 0 Å². The Labute approximate surface area is 128 Å². The zero-order valence-electron chi connectivity index (χ0n) is 11.7. The number of alkyl halides is 1. The Morgan fingerprint density at radius 3 is 2.71 bits per heavy atom. The van der Waals surface area contributed by atoms with Crippen LogP contribution in [-0.4, -0.2) is 12.0 Å². The summed E-state index contributed by atoms with van der Waals surface area (Å²) in [5, 5.41) is 2.76. The van der Waals surface area contributed by atoms with E-state index >= 15 is 0 Å². The van der Waals surface area contributed by atoms with E-state index in [1.54, 1.807) is 0 Å². The summed E-state index contributed by atoms with van der Waals surface area (Å²) in [7, 11) is 0. The minimum absolute atomic E-state index is 0.143. The predicted octanol–water partition coefficient (Wildman–Crippen LogP) is 3.93. The van der Waals surface area contributed by atoms with Crippen molar-refractivity contribution in [2.75, 3.05) is 5.32 Å². The van der Waals surface area contributed by atoms with E-state index < -0.39 is 6.10 Å². The molecule has 0 radical (unpaired) electrons. The fourth-order valence-electron chi connectivity index (χ4n) is 2.50. The van der Waals surface area contributed by atoms with E-state index in [4.69, 9.17) is 16.3 Å². The topological polar surface area (TPSA) is 38.3 Å². The molecule has 0 spiro atoms. The molecule has 1 aliphatic rings. The predicted molar refractivity (Wildman–Crippen MR) is 83.9 cm³/mol. The molecule has 21 heavy (non-hydrogen) atoms. The number of amides is 1. The summed E-state index contributed by atoms with van der Waals surface area (Å²) in [5.74, 6) is 0.646. The number of para-hydroxylation sites is 2. The first-order valence-electron chi connectivity index (χ1n) is 6.93. The van der Waals surface area contributed by atoms with E-state index in [0.29, 0.717) is 6.42 Å². The van der Waals surface area contributed by atoms with Gasteiger partial charge in [-0.25, -0.2) is 0 Å². The lowest BCUT2D eigenvalue weighted by atomic mass is 10.1. The van der Waals surface area contributed by atoms with Crippen molar-refractivity contribution in [3.63, 3.8) is 0 Å². The summed E-state index contributed by atoms with van der Waals surface area (Å²) >= 11 is 6.14. The van der Waals surface area contributed by atoms with Crippen LogP contribution in [0, 0.1) is 0 Å². The highest BCUT2D eigenvalue weighted by Crippen LogP contribution is 2.30. The van der Waals surface area contributed by atoms with E-state index in [1.807, 2.05) is 55.5 Å². The van der Waals surface area contributed by atoms with Crippen LogP contribution in [0.3, 0.4) is 0 Å². The smallest absolute Gasteiger partial charge is 0.265 e. The molecule has 0 bridgehead atoms. The first-order chi connectivity index (χ1) is 10.1. The Bertz CT molecular complexity index is 644. The van der Waals surface area contributed by atoms with Crippen molar-refractivity contribution < 1.29 is 9.53 Å². The number of hydrogen-bond acceptors (Lipinski definition) is 2. The molecular formula is C17H16ClNO2. The van der Waals surface area contributed by atoms with Crippen LogP contribution in [-0.2, 0) is 11.2 Å². The summed E-state index contributed by atoms with van der Waals surface area (Å²) in [6.45, 7) is 1.88. The number of ether oxygens (including phenoxy) is 1. The van der Waals surface area contributed by atoms with Crippen molar-refractivity contribution in [2.24, 2.45) is 0 Å². The second kappa shape index (κ2) is 5.78. The molecule has 3 nitrogen and oxygen atoms in total. The number of fused-ring (bicyclic) bond motifs is 1. The molecule has 2 unspecified atom stereocenters. The molecule has 1 N–H and O–H groups in total. The highest BCUT2D eigenvalue weighted by Gasteiger charge is 2.29. The number of carbonyl (C=O) groups excluding carboxylic acids is 1. The van der Waals surface area contributed by atoms with Crippen LogP contribution < -0.4 is 10.1 Å². The summed E-state index contributed by atoms with van der Waals surface area (Å²) in [6, 6.07) is 15.3. The normalized spacial score (nSPS) is 17.7. The number of nitrogens with one attached hydrogen (secondary N) is 1. The minimum Gasteiger partial charge on any atom is -0.480 e. The van der Waals surface area contributed by atoms with Gasteiger partial charge in [0.05, 0.1) is 5.38 Å². The monoisotopic (exact) mass is 301 g/mol. The van der Waals surface area contributed by atoms with Crippen LogP contribution in [0.25, 0.3) is 0 Å². The van der Waals surface area contributed by atoms with Gasteiger partial charge in [0.1, 0.15) is 5.75 Å². The fraction of sp³-hybridized carbons (Fsp3) is 0.235. The average Bonchev–Trinajstić information content (AvgIpc) is 2.91. The Morgan fingerprint density at radius 2 is 1.95 bits per heavy atom. The maximum absolute atomic E-state index is 12.4. The van der Waals surface area contributed by atoms with Crippen molar-refractivity contribution in [1.82, 2.24) is 0 Å². The standard InChI is InChI=1S/C17H16ClNO2/c1-11(18)13-7-3-4-8-14(13)19-17(20)16-10-12-6-2-5-9-15(12)21-16/h2-9,11,16H,10H2,1H3,(H,19,20). The molecule has 2 aromatic rings. The Morgan fingerprint density at radius 1 is 1.24 bits per heavy atom. The van der Waals surface area contributed by atoms with Crippen LogP contribution in [0.15, 0.2) is 48.5 Å². The summed E-state index contributed by atoms with van der Waals surface area (Å²) in [4.78, 5) is 12.4. The van der Waals surface area contributed by atoms with Crippen molar-refractivity contribution >= 4 is 23.2 Å². The van der Waals surface area contributed by atoms with Gasteiger partial charge in [0, 0.05) is 12.1 Å². The van der Waals surface area contributed by atoms with E-state index in [2.05, 4.69) is 5.32 Å². The maximum atomic E-state index is 12.4. The van der Waals surface area contributed by atoms with Gasteiger partial charge in [-0.2, -0.15) is 0 Å². The second-order valence-electron chi connectivity index (χ2n) is 5.11. The molecule has 1 amide bonds. The van der Waals surface area contributed by atoms with Gasteiger partial charge in [0.15, 0.2) is 6.10 Å². The summed E-state index contributed by atoms with van der Waals surface area (Å²) in [6.07, 6.45) is 0.113. The van der Waals surface area contributed by atoms with Gasteiger partial charge in [-0.3, -0.25) is 4.79 Å². The van der Waals surface area contributed by atoms with Gasteiger partial charge in [-0.05, 0) is 30.2 Å². The van der Waals surface area contributed by atoms with Crippen LogP contribution in [0.5, 0.6) is 5.75 Å². The number of halogens is 1. The SMILES string of the molecule is CC(Cl)c1ccccc1NC(=O)C1Cc2ccccc2O1. The maximum Gasteiger partial charge on any atom is 0.265 e. The summed E-state index contributed by atoms with van der Waals surface area (Å²) in [5.41, 5.74) is 2.71. The third-order valence-electron chi connectivity index (χ3n) is 3.59. The first-order valence-corrected chi connectivity index (χ1v) is 7.37. The van der Waals surface area contributed by atoms with Gasteiger partial charge in [0.2, 0.25) is 0 Å². The molecule has 1 heterocycles. The molecule has 2 aromatic carbocycles. The molecule has 0 aromatic heterocycles. The van der Waals surface area contributed by atoms with Crippen molar-refractivity contribution in [2.45, 2.75) is 24.8 Å². The number of anilines is 1. The van der Waals surface area contributed by atoms with Crippen molar-refractivity contribution in [3.05, 3.63) is 59.7 Å². The highest BCUT2D eigenvalue weighted by molar-refractivity contribution is 6.21. The highest BCUT2D eigenvalue weighted by atomic mass is 35.5. The number of hydrogen-bond donors (Lipinski definition) is 1. The molecule has 0 fully saturated rings. The third kappa shape index (κ3) is 2.88. The zero-order chi connectivity index (χ0) is 14.8. The largest absolute Gasteiger partial charge is 0.480 e. The molecule has 0 saturated heterocycles. The van der Waals surface area contributed by atoms with E-state index in [9.17, 15) is 4.79 Å². The first kappa shape index (κ1) is 14.0. The Balaban J connectivity index is 1.74. The quantitative estimate of drug-likeness (QED) is 0.872. The molecule has 108 valence electrons. The third-order valence-corrected chi connectivity index (χ3v) is 3.82. The molecule has 4 heteroatoms. The number of benzene rings is 2. The van der Waals surface area contributed by atoms with Crippen LogP contribution in [0.4, 0.5) is 5.69 Å². The van der Waals surface area contributed by atoms with E-state index in [0.717, 1.165) is 22.6 Å². The lowest BCUT2D eigenvalue weighted by molar-refractivity contribution is -0.122. The minimum atomic E-state index is -0.485. The summed E-state index contributed by atoms with van der Waals surface area (Å²) < 4.78 is 5.70. The zero-order valence-corrected chi connectivity index (χ0v) is 12.4. The van der Waals surface area contributed by atoms with Gasteiger partial charge in [-0.15, -0.1) is 11.6 Å². The second-order valence-corrected chi connectivity index (χ2v) is 5.77. The van der Waals surface area contributed by atoms with Crippen molar-refractivity contribution in [3.8, 4) is 5.75 Å². The van der Waals surface area contributed by atoms with Gasteiger partial charge in [0.25, 0.3) is 5.91 Å². The molecule has 0 saturated carbocycles. The van der Waals surface area contributed by atoms with E-state index in [-0.39, 0.29) is 11.3 Å². The average molecular weight is 302 g/mol. The Kier molecular flexibility index (Phi) is 3.84. The van der Waals surface area contributed by atoms with E-state index in [1.165, 1.54) is 0 Å². The molecule has 2 atom stereocenters. The van der Waals surface area contributed by atoms with Gasteiger partial charge in [-0.1, -0.05) is 36.4 Å². The van der Waals surface area contributed by atoms with Gasteiger partial charge < -0.3 is 10.1 Å². The molecule has 0 aliphatic carbocycles. The van der Waals surface area contributed by atoms with Crippen LogP contribution in [0.1, 0.15) is 23.4 Å². The molecule has 3 rings (SSSR count).